The highest BCUT2D eigenvalue weighted by Crippen LogP contribution is 2.23. The van der Waals surface area contributed by atoms with Gasteiger partial charge in [-0.1, -0.05) is 12.7 Å². The molecule has 4 heteroatoms. The van der Waals surface area contributed by atoms with Crippen LogP contribution in [0.2, 0.25) is 0 Å². The third-order valence-electron chi connectivity index (χ3n) is 2.29. The van der Waals surface area contributed by atoms with Crippen molar-refractivity contribution in [1.29, 1.82) is 0 Å². The monoisotopic (exact) mass is 275 g/mol. The van der Waals surface area contributed by atoms with Gasteiger partial charge in [-0.25, -0.2) is 0 Å². The van der Waals surface area contributed by atoms with Crippen molar-refractivity contribution in [3.8, 4) is 0 Å². The van der Waals surface area contributed by atoms with E-state index >= 15 is 0 Å². The Hall–Kier alpha value is -1.81. The van der Waals surface area contributed by atoms with Crippen LogP contribution in [0.1, 0.15) is 18.2 Å². The van der Waals surface area contributed by atoms with Crippen molar-refractivity contribution >= 4 is 17.5 Å². The molecule has 0 fully saturated rings. The summed E-state index contributed by atoms with van der Waals surface area (Å²) in [5.41, 5.74) is 2.11. The zero-order chi connectivity index (χ0) is 14.3. The number of pyridine rings is 1. The molecule has 0 aliphatic heterocycles. The van der Waals surface area contributed by atoms with Gasteiger partial charge >= 0.3 is 0 Å². The first-order valence-electron chi connectivity index (χ1n) is 5.81. The molecule has 0 atom stereocenters. The third kappa shape index (κ3) is 5.57. The lowest BCUT2D eigenvalue weighted by Crippen LogP contribution is -1.95. The number of rotatable bonds is 6. The fraction of sp³-hybridized carbons (Fsp3) is 0.200. The Morgan fingerprint density at radius 1 is 1.58 bits per heavy atom. The van der Waals surface area contributed by atoms with Crippen LogP contribution in [-0.2, 0) is 10.5 Å². The van der Waals surface area contributed by atoms with Gasteiger partial charge in [0, 0.05) is 29.5 Å². The number of hydrogen-bond acceptors (Lipinski definition) is 4. The molecular formula is C15H17NO2S. The molecule has 1 heterocycles. The molecule has 19 heavy (non-hydrogen) atoms. The fourth-order valence-electron chi connectivity index (χ4n) is 1.35. The predicted octanol–water partition coefficient (Wildman–Crippen LogP) is 3.72. The van der Waals surface area contributed by atoms with E-state index in [0.29, 0.717) is 0 Å². The largest absolute Gasteiger partial charge is 0.504 e. The van der Waals surface area contributed by atoms with Crippen molar-refractivity contribution in [1.82, 2.24) is 4.98 Å². The van der Waals surface area contributed by atoms with Gasteiger partial charge in [-0.3, -0.25) is 9.78 Å². The Balaban J connectivity index is 2.76. The van der Waals surface area contributed by atoms with Crippen molar-refractivity contribution in [2.45, 2.75) is 19.6 Å². The number of thioether (sulfide) groups is 1. The number of allylic oxidation sites excluding steroid dienone is 4. The van der Waals surface area contributed by atoms with Crippen LogP contribution >= 0.6 is 11.8 Å². The van der Waals surface area contributed by atoms with E-state index in [2.05, 4.69) is 11.6 Å². The number of carbonyl (C=O) groups is 1. The minimum Gasteiger partial charge on any atom is -0.504 e. The van der Waals surface area contributed by atoms with E-state index in [1.165, 1.54) is 24.8 Å². The van der Waals surface area contributed by atoms with Crippen LogP contribution in [0.25, 0.3) is 0 Å². The molecule has 0 aliphatic rings. The highest BCUT2D eigenvalue weighted by atomic mass is 32.2. The Bertz CT molecular complexity index is 533. The molecule has 0 aliphatic carbocycles. The number of aryl methyl sites for hydroxylation is 1. The number of carbonyl (C=O) groups excluding carboxylic acids is 1. The molecule has 0 amide bonds. The summed E-state index contributed by atoms with van der Waals surface area (Å²) in [6.45, 7) is 6.89. The number of aromatic nitrogens is 1. The predicted molar refractivity (Wildman–Crippen MR) is 79.9 cm³/mol. The molecule has 0 bridgehead atoms. The van der Waals surface area contributed by atoms with Gasteiger partial charge in [0.25, 0.3) is 0 Å². The Kier molecular flexibility index (Phi) is 6.09. The van der Waals surface area contributed by atoms with E-state index in [1.807, 2.05) is 19.1 Å². The average Bonchev–Trinajstić information content (AvgIpc) is 2.36. The van der Waals surface area contributed by atoms with E-state index in [9.17, 15) is 9.90 Å². The molecule has 1 rings (SSSR count). The molecule has 1 aromatic rings. The van der Waals surface area contributed by atoms with Crippen molar-refractivity contribution < 1.29 is 9.90 Å². The molecule has 0 unspecified atom stereocenters. The maximum atomic E-state index is 11.0. The first kappa shape index (κ1) is 15.2. The van der Waals surface area contributed by atoms with E-state index in [-0.39, 0.29) is 11.5 Å². The third-order valence-corrected chi connectivity index (χ3v) is 3.35. The average molecular weight is 275 g/mol. The molecule has 100 valence electrons. The van der Waals surface area contributed by atoms with Crippen molar-refractivity contribution in [2.75, 3.05) is 0 Å². The van der Waals surface area contributed by atoms with Gasteiger partial charge in [-0.2, -0.15) is 0 Å². The summed E-state index contributed by atoms with van der Waals surface area (Å²) in [6, 6.07) is 3.95. The fourth-order valence-corrected chi connectivity index (χ4v) is 2.25. The number of hydrogen-bond donors (Lipinski definition) is 1. The summed E-state index contributed by atoms with van der Waals surface area (Å²) < 4.78 is 0. The molecule has 0 spiro atoms. The second-order valence-corrected chi connectivity index (χ2v) is 5.03. The number of aliphatic hydroxyl groups is 1. The maximum absolute atomic E-state index is 11.0. The van der Waals surface area contributed by atoms with E-state index in [0.717, 1.165) is 21.9 Å². The number of ketones is 1. The Labute approximate surface area is 117 Å². The van der Waals surface area contributed by atoms with Crippen LogP contribution in [-0.4, -0.2) is 15.9 Å². The lowest BCUT2D eigenvalue weighted by molar-refractivity contribution is -0.115. The highest BCUT2D eigenvalue weighted by molar-refractivity contribution is 8.02. The molecule has 1 N–H and O–H groups in total. The van der Waals surface area contributed by atoms with Gasteiger partial charge in [0.15, 0.2) is 11.5 Å². The van der Waals surface area contributed by atoms with Crippen LogP contribution < -0.4 is 0 Å². The molecular weight excluding hydrogens is 258 g/mol. The van der Waals surface area contributed by atoms with Gasteiger partial charge in [0.05, 0.1) is 0 Å². The van der Waals surface area contributed by atoms with E-state index in [4.69, 9.17) is 0 Å². The summed E-state index contributed by atoms with van der Waals surface area (Å²) in [6.07, 6.45) is 6.62. The zero-order valence-corrected chi connectivity index (χ0v) is 11.9. The summed E-state index contributed by atoms with van der Waals surface area (Å²) >= 11 is 1.53. The molecule has 0 saturated carbocycles. The second kappa shape index (κ2) is 7.59. The second-order valence-electron chi connectivity index (χ2n) is 3.98. The first-order chi connectivity index (χ1) is 9.02. The SMILES string of the molecule is C=C/C=C(/C=C(\O)C(C)=O)SCc1ccnc(C)c1. The van der Waals surface area contributed by atoms with E-state index < -0.39 is 0 Å². The number of aliphatic hydroxyl groups excluding tert-OH is 1. The summed E-state index contributed by atoms with van der Waals surface area (Å²) in [4.78, 5) is 15.9. The number of nitrogens with zero attached hydrogens (tertiary/aromatic N) is 1. The van der Waals surface area contributed by atoms with Gasteiger partial charge in [0.1, 0.15) is 0 Å². The molecule has 0 radical (unpaired) electrons. The lowest BCUT2D eigenvalue weighted by atomic mass is 10.2. The zero-order valence-electron chi connectivity index (χ0n) is 11.1. The highest BCUT2D eigenvalue weighted by Gasteiger charge is 2.03. The Morgan fingerprint density at radius 2 is 2.32 bits per heavy atom. The van der Waals surface area contributed by atoms with Crippen molar-refractivity contribution in [2.24, 2.45) is 0 Å². The van der Waals surface area contributed by atoms with E-state index in [1.54, 1.807) is 18.3 Å². The van der Waals surface area contributed by atoms with Gasteiger partial charge in [-0.05, 0) is 36.8 Å². The number of Topliss-reactive ketones (excluding diaryl/α,β-unsaturated/α-hetero) is 1. The van der Waals surface area contributed by atoms with Crippen LogP contribution in [0.3, 0.4) is 0 Å². The van der Waals surface area contributed by atoms with Crippen molar-refractivity contribution in [3.05, 3.63) is 65.1 Å². The first-order valence-corrected chi connectivity index (χ1v) is 6.80. The summed E-state index contributed by atoms with van der Waals surface area (Å²) in [7, 11) is 0. The summed E-state index contributed by atoms with van der Waals surface area (Å²) in [5, 5.41) is 9.48. The van der Waals surface area contributed by atoms with Crippen LogP contribution in [0.5, 0.6) is 0 Å². The van der Waals surface area contributed by atoms with Crippen molar-refractivity contribution in [3.63, 3.8) is 0 Å². The lowest BCUT2D eigenvalue weighted by Gasteiger charge is -2.04. The maximum Gasteiger partial charge on any atom is 0.194 e. The molecule has 0 saturated heterocycles. The minimum atomic E-state index is -0.352. The standard InChI is InChI=1S/C15H17NO2S/c1-4-5-14(9-15(18)12(3)17)19-10-13-6-7-16-11(2)8-13/h4-9,18H,1,10H2,2-3H3/b14-5-,15-9-. The summed E-state index contributed by atoms with van der Waals surface area (Å²) in [5.74, 6) is 0.145. The van der Waals surface area contributed by atoms with Crippen LogP contribution in [0, 0.1) is 6.92 Å². The van der Waals surface area contributed by atoms with Gasteiger partial charge < -0.3 is 5.11 Å². The molecule has 0 aromatic carbocycles. The molecule has 1 aromatic heterocycles. The normalized spacial score (nSPS) is 12.3. The quantitative estimate of drug-likeness (QED) is 0.488. The van der Waals surface area contributed by atoms with Gasteiger partial charge in [-0.15, -0.1) is 11.8 Å². The Morgan fingerprint density at radius 3 is 2.89 bits per heavy atom. The van der Waals surface area contributed by atoms with Crippen LogP contribution in [0.4, 0.5) is 0 Å². The minimum absolute atomic E-state index is 0.244. The van der Waals surface area contributed by atoms with Gasteiger partial charge in [0.2, 0.25) is 0 Å². The van der Waals surface area contributed by atoms with Crippen LogP contribution in [0.15, 0.2) is 53.8 Å². The molecule has 3 nitrogen and oxygen atoms in total. The topological polar surface area (TPSA) is 50.2 Å². The smallest absolute Gasteiger partial charge is 0.194 e.